The van der Waals surface area contributed by atoms with Gasteiger partial charge in [-0.3, -0.25) is 14.4 Å². The molecule has 1 aromatic rings. The van der Waals surface area contributed by atoms with Crippen LogP contribution in [-0.2, 0) is 20.8 Å². The number of likely N-dealkylation sites (tertiary alicyclic amines) is 1. The van der Waals surface area contributed by atoms with Gasteiger partial charge in [0, 0.05) is 19.5 Å². The maximum absolute atomic E-state index is 13.9. The van der Waals surface area contributed by atoms with Crippen molar-refractivity contribution in [1.82, 2.24) is 15.5 Å². The summed E-state index contributed by atoms with van der Waals surface area (Å²) in [4.78, 5) is 41.9. The highest BCUT2D eigenvalue weighted by molar-refractivity contribution is 5.97. The molecule has 3 N–H and O–H groups in total. The third kappa shape index (κ3) is 5.35. The Kier molecular flexibility index (Phi) is 9.28. The Morgan fingerprint density at radius 2 is 1.82 bits per heavy atom. The van der Waals surface area contributed by atoms with Crippen LogP contribution >= 0.6 is 0 Å². The van der Waals surface area contributed by atoms with E-state index >= 15 is 0 Å². The molecule has 0 saturated carbocycles. The van der Waals surface area contributed by atoms with Gasteiger partial charge in [-0.15, -0.1) is 0 Å². The predicted octanol–water partition coefficient (Wildman–Crippen LogP) is 2.30. The average molecular weight is 470 g/mol. The number of rotatable bonds is 11. The summed E-state index contributed by atoms with van der Waals surface area (Å²) in [7, 11) is 1.59. The Morgan fingerprint density at radius 3 is 2.44 bits per heavy atom. The summed E-state index contributed by atoms with van der Waals surface area (Å²) in [6.45, 7) is 4.40. The number of allylic oxidation sites excluding steroid dienone is 1. The number of hydrogen-bond acceptors (Lipinski definition) is 4. The molecular formula is C27H39N3O4. The van der Waals surface area contributed by atoms with Gasteiger partial charge in [0.2, 0.25) is 17.7 Å². The summed E-state index contributed by atoms with van der Waals surface area (Å²) in [6, 6.07) is 8.37. The van der Waals surface area contributed by atoms with E-state index in [1.54, 1.807) is 11.9 Å². The molecule has 1 aliphatic heterocycles. The first kappa shape index (κ1) is 25.9. The van der Waals surface area contributed by atoms with Crippen LogP contribution in [0.4, 0.5) is 0 Å². The fourth-order valence-electron chi connectivity index (χ4n) is 5.58. The van der Waals surface area contributed by atoms with Crippen LogP contribution in [-0.4, -0.2) is 60.0 Å². The molecule has 1 aliphatic carbocycles. The number of carbonyl (C=O) groups excluding carboxylic acids is 3. The van der Waals surface area contributed by atoms with Crippen molar-refractivity contribution in [3.63, 3.8) is 0 Å². The zero-order chi connectivity index (χ0) is 24.7. The molecule has 7 nitrogen and oxygen atoms in total. The van der Waals surface area contributed by atoms with E-state index in [2.05, 4.69) is 17.6 Å². The molecule has 1 aromatic carbocycles. The molecule has 0 spiro atoms. The van der Waals surface area contributed by atoms with E-state index in [1.165, 1.54) is 0 Å². The van der Waals surface area contributed by atoms with Gasteiger partial charge < -0.3 is 20.6 Å². The third-order valence-corrected chi connectivity index (χ3v) is 7.33. The number of aliphatic hydroxyl groups excluding tert-OH is 1. The second-order valence-electron chi connectivity index (χ2n) is 9.41. The van der Waals surface area contributed by atoms with Crippen LogP contribution in [0.25, 0.3) is 0 Å². The lowest BCUT2D eigenvalue weighted by molar-refractivity contribution is -0.143. The first-order valence-corrected chi connectivity index (χ1v) is 12.6. The first-order valence-electron chi connectivity index (χ1n) is 12.6. The summed E-state index contributed by atoms with van der Waals surface area (Å²) in [5.41, 5.74) is 0.983. The van der Waals surface area contributed by atoms with E-state index in [0.717, 1.165) is 31.2 Å². The van der Waals surface area contributed by atoms with Crippen LogP contribution in [0.5, 0.6) is 0 Å². The zero-order valence-electron chi connectivity index (χ0n) is 20.6. The molecule has 34 heavy (non-hydrogen) atoms. The minimum absolute atomic E-state index is 0.0694. The fraction of sp³-hybridized carbons (Fsp3) is 0.593. The molecule has 0 radical (unpaired) electrons. The molecule has 6 atom stereocenters. The Balaban J connectivity index is 1.97. The minimum Gasteiger partial charge on any atom is -0.394 e. The fourth-order valence-corrected chi connectivity index (χ4v) is 5.58. The maximum atomic E-state index is 13.9. The molecule has 3 rings (SSSR count). The van der Waals surface area contributed by atoms with Crippen molar-refractivity contribution in [2.24, 2.45) is 23.7 Å². The molecule has 2 aliphatic rings. The van der Waals surface area contributed by atoms with Gasteiger partial charge in [0.05, 0.1) is 24.5 Å². The largest absolute Gasteiger partial charge is 0.394 e. The van der Waals surface area contributed by atoms with Crippen molar-refractivity contribution in [2.75, 3.05) is 20.2 Å². The molecule has 7 heteroatoms. The highest BCUT2D eigenvalue weighted by Gasteiger charge is 2.58. The van der Waals surface area contributed by atoms with Gasteiger partial charge in [0.25, 0.3) is 0 Å². The molecule has 186 valence electrons. The van der Waals surface area contributed by atoms with Crippen LogP contribution in [0.15, 0.2) is 42.5 Å². The number of nitrogens with zero attached hydrogens (tertiary/aromatic N) is 1. The zero-order valence-corrected chi connectivity index (χ0v) is 20.6. The lowest BCUT2D eigenvalue weighted by Gasteiger charge is -2.34. The maximum Gasteiger partial charge on any atom is 0.243 e. The number of amides is 3. The van der Waals surface area contributed by atoms with Gasteiger partial charge in [-0.25, -0.2) is 0 Å². The van der Waals surface area contributed by atoms with E-state index in [9.17, 15) is 19.5 Å². The summed E-state index contributed by atoms with van der Waals surface area (Å²) >= 11 is 0. The second-order valence-corrected chi connectivity index (χ2v) is 9.41. The molecule has 0 unspecified atom stereocenters. The van der Waals surface area contributed by atoms with Gasteiger partial charge >= 0.3 is 0 Å². The normalized spacial score (nSPS) is 26.8. The number of nitrogens with one attached hydrogen (secondary N) is 2. The third-order valence-electron chi connectivity index (χ3n) is 7.33. The van der Waals surface area contributed by atoms with Crippen molar-refractivity contribution in [1.29, 1.82) is 0 Å². The van der Waals surface area contributed by atoms with Crippen LogP contribution in [0, 0.1) is 23.7 Å². The van der Waals surface area contributed by atoms with Crippen molar-refractivity contribution in [3.05, 3.63) is 48.0 Å². The number of fused-ring (bicyclic) bond motifs is 1. The second kappa shape index (κ2) is 12.2. The van der Waals surface area contributed by atoms with Crippen LogP contribution in [0.1, 0.15) is 45.1 Å². The minimum atomic E-state index is -0.749. The number of benzene rings is 1. The molecule has 3 amide bonds. The predicted molar refractivity (Wildman–Crippen MR) is 132 cm³/mol. The highest BCUT2D eigenvalue weighted by Crippen LogP contribution is 2.45. The summed E-state index contributed by atoms with van der Waals surface area (Å²) in [5, 5.41) is 16.1. The van der Waals surface area contributed by atoms with E-state index in [0.29, 0.717) is 13.0 Å². The Labute approximate surface area is 203 Å². The number of aliphatic hydroxyl groups is 1. The smallest absolute Gasteiger partial charge is 0.243 e. The lowest BCUT2D eigenvalue weighted by Crippen LogP contribution is -2.53. The monoisotopic (exact) mass is 469 g/mol. The van der Waals surface area contributed by atoms with E-state index in [1.807, 2.05) is 49.4 Å². The quantitative estimate of drug-likeness (QED) is 0.342. The standard InChI is InChI=1S/C27H39N3O4/c1-4-6-10-15-29-26(33)24-21-14-13-19(5-2)22(25(32)28-3)23(21)27(34)30(24)20(17-31)16-18-11-8-7-9-12-18/h7-9,11-14,19-24,31H,4-6,10,15-17H2,1-3H3,(H,28,32)(H,29,33)/t19-,20-,21+,22-,23+,24+/m1/s1. The molecule has 1 fully saturated rings. The van der Waals surface area contributed by atoms with Crippen molar-refractivity contribution in [3.8, 4) is 0 Å². The Hall–Kier alpha value is -2.67. The summed E-state index contributed by atoms with van der Waals surface area (Å²) in [5.74, 6) is -2.23. The number of hydrogen-bond donors (Lipinski definition) is 3. The molecule has 0 aromatic heterocycles. The van der Waals surface area contributed by atoms with Gasteiger partial charge in [0.1, 0.15) is 6.04 Å². The van der Waals surface area contributed by atoms with E-state index in [-0.39, 0.29) is 30.2 Å². The van der Waals surface area contributed by atoms with Crippen LogP contribution in [0.3, 0.4) is 0 Å². The molecular weight excluding hydrogens is 430 g/mol. The molecule has 1 heterocycles. The molecule has 1 saturated heterocycles. The van der Waals surface area contributed by atoms with Crippen molar-refractivity contribution < 1.29 is 19.5 Å². The topological polar surface area (TPSA) is 98.7 Å². The van der Waals surface area contributed by atoms with Gasteiger partial charge in [-0.1, -0.05) is 69.2 Å². The lowest BCUT2D eigenvalue weighted by atomic mass is 9.69. The van der Waals surface area contributed by atoms with Gasteiger partial charge in [-0.05, 0) is 30.7 Å². The summed E-state index contributed by atoms with van der Waals surface area (Å²) < 4.78 is 0. The highest BCUT2D eigenvalue weighted by atomic mass is 16.3. The van der Waals surface area contributed by atoms with Crippen molar-refractivity contribution >= 4 is 17.7 Å². The Bertz CT molecular complexity index is 872. The number of carbonyl (C=O) groups is 3. The van der Waals surface area contributed by atoms with E-state index in [4.69, 9.17) is 0 Å². The van der Waals surface area contributed by atoms with Crippen molar-refractivity contribution in [2.45, 2.75) is 58.0 Å². The van der Waals surface area contributed by atoms with Gasteiger partial charge in [-0.2, -0.15) is 0 Å². The van der Waals surface area contributed by atoms with Crippen LogP contribution < -0.4 is 10.6 Å². The van der Waals surface area contributed by atoms with Gasteiger partial charge in [0.15, 0.2) is 0 Å². The number of unbranched alkanes of at least 4 members (excludes halogenated alkanes) is 2. The Morgan fingerprint density at radius 1 is 1.09 bits per heavy atom. The van der Waals surface area contributed by atoms with E-state index < -0.39 is 29.8 Å². The average Bonchev–Trinajstić information content (AvgIpc) is 3.16. The molecule has 0 bridgehead atoms. The first-order chi connectivity index (χ1) is 16.5. The van der Waals surface area contributed by atoms with Crippen LogP contribution in [0.2, 0.25) is 0 Å². The SMILES string of the molecule is CCCCCNC(=O)[C@@H]1[C@H]2C=C[C@@H](CC)[C@@H](C(=O)NC)[C@H]2C(=O)N1[C@@H](CO)Cc1ccccc1. The summed E-state index contributed by atoms with van der Waals surface area (Å²) in [6.07, 6.45) is 8.07.